The van der Waals surface area contributed by atoms with Crippen molar-refractivity contribution in [2.75, 3.05) is 20.2 Å². The number of methoxy groups -OCH3 is 1. The second-order valence-electron chi connectivity index (χ2n) is 9.68. The summed E-state index contributed by atoms with van der Waals surface area (Å²) in [6.07, 6.45) is 5.06. The lowest BCUT2D eigenvalue weighted by atomic mass is 9.80. The van der Waals surface area contributed by atoms with E-state index in [1.54, 1.807) is 7.11 Å². The van der Waals surface area contributed by atoms with Crippen molar-refractivity contribution in [2.45, 2.75) is 44.6 Å². The third-order valence-electron chi connectivity index (χ3n) is 7.51. The molecule has 0 unspecified atom stereocenters. The van der Waals surface area contributed by atoms with Gasteiger partial charge in [0.1, 0.15) is 5.75 Å². The highest BCUT2D eigenvalue weighted by Gasteiger charge is 2.29. The van der Waals surface area contributed by atoms with Crippen LogP contribution in [0.2, 0.25) is 0 Å². The highest BCUT2D eigenvalue weighted by molar-refractivity contribution is 5.86. The zero-order chi connectivity index (χ0) is 24.2. The van der Waals surface area contributed by atoms with Gasteiger partial charge in [-0.2, -0.15) is 0 Å². The molecule has 3 aromatic carbocycles. The Hall–Kier alpha value is -3.53. The number of fused-ring (bicyclic) bond motifs is 1. The second-order valence-corrected chi connectivity index (χ2v) is 9.68. The summed E-state index contributed by atoms with van der Waals surface area (Å²) in [5, 5.41) is 1.24. The molecule has 1 fully saturated rings. The van der Waals surface area contributed by atoms with Crippen LogP contribution in [0.25, 0.3) is 10.9 Å². The number of amides is 1. The van der Waals surface area contributed by atoms with Gasteiger partial charge in [-0.3, -0.25) is 4.79 Å². The molecular formula is C31H34N2O2. The van der Waals surface area contributed by atoms with Crippen LogP contribution in [0.5, 0.6) is 5.75 Å². The Balaban J connectivity index is 1.54. The van der Waals surface area contributed by atoms with E-state index in [-0.39, 0.29) is 17.7 Å². The topological polar surface area (TPSA) is 34.5 Å². The molecule has 4 aromatic rings. The number of benzene rings is 3. The third-order valence-corrected chi connectivity index (χ3v) is 7.51. The summed E-state index contributed by atoms with van der Waals surface area (Å²) in [6.45, 7) is 4.83. The molecule has 0 N–H and O–H groups in total. The minimum atomic E-state index is 0.104. The maximum Gasteiger partial charge on any atom is 0.223 e. The molecule has 2 atom stereocenters. The predicted molar refractivity (Wildman–Crippen MR) is 142 cm³/mol. The van der Waals surface area contributed by atoms with Crippen molar-refractivity contribution in [1.82, 2.24) is 9.47 Å². The highest BCUT2D eigenvalue weighted by Crippen LogP contribution is 2.40. The van der Waals surface area contributed by atoms with Gasteiger partial charge in [0.2, 0.25) is 5.91 Å². The van der Waals surface area contributed by atoms with Crippen molar-refractivity contribution in [3.8, 4) is 5.75 Å². The van der Waals surface area contributed by atoms with E-state index in [0.29, 0.717) is 6.42 Å². The fourth-order valence-corrected chi connectivity index (χ4v) is 5.46. The van der Waals surface area contributed by atoms with Crippen LogP contribution in [0.3, 0.4) is 0 Å². The van der Waals surface area contributed by atoms with Crippen LogP contribution in [0.4, 0.5) is 0 Å². The molecule has 1 aliphatic rings. The number of nitrogens with zero attached hydrogens (tertiary/aromatic N) is 2. The van der Waals surface area contributed by atoms with Crippen LogP contribution < -0.4 is 4.74 Å². The molecule has 0 saturated carbocycles. The summed E-state index contributed by atoms with van der Waals surface area (Å²) in [7, 11) is 1.69. The molecule has 0 spiro atoms. The first-order valence-corrected chi connectivity index (χ1v) is 12.7. The van der Waals surface area contributed by atoms with Gasteiger partial charge in [0.05, 0.1) is 7.11 Å². The van der Waals surface area contributed by atoms with Gasteiger partial charge in [0.25, 0.3) is 0 Å². The molecule has 4 heteroatoms. The van der Waals surface area contributed by atoms with Gasteiger partial charge in [-0.15, -0.1) is 0 Å². The number of aromatic nitrogens is 1. The van der Waals surface area contributed by atoms with Crippen LogP contribution in [0, 0.1) is 0 Å². The first kappa shape index (κ1) is 23.2. The number of rotatable bonds is 8. The van der Waals surface area contributed by atoms with E-state index in [1.807, 2.05) is 12.1 Å². The molecule has 2 heterocycles. The largest absolute Gasteiger partial charge is 0.497 e. The van der Waals surface area contributed by atoms with Gasteiger partial charge >= 0.3 is 0 Å². The number of hydrogen-bond acceptors (Lipinski definition) is 2. The SMILES string of the molecule is COc1ccc(Cn2cc([C@@H](CC(=O)N3CCCC3)[C@H](C)c3ccccc3)c3ccccc32)cc1. The van der Waals surface area contributed by atoms with Crippen LogP contribution in [-0.2, 0) is 11.3 Å². The average Bonchev–Trinajstić information content (AvgIpc) is 3.57. The van der Waals surface area contributed by atoms with Gasteiger partial charge in [0.15, 0.2) is 0 Å². The Morgan fingerprint density at radius 3 is 2.31 bits per heavy atom. The quantitative estimate of drug-likeness (QED) is 0.293. The molecule has 35 heavy (non-hydrogen) atoms. The van der Waals surface area contributed by atoms with Crippen LogP contribution in [0.15, 0.2) is 85.1 Å². The van der Waals surface area contributed by atoms with Gasteiger partial charge in [-0.1, -0.05) is 67.6 Å². The average molecular weight is 467 g/mol. The molecule has 180 valence electrons. The molecule has 1 aliphatic heterocycles. The number of carbonyl (C=O) groups excluding carboxylic acids is 1. The van der Waals surface area contributed by atoms with Crippen molar-refractivity contribution in [1.29, 1.82) is 0 Å². The number of carbonyl (C=O) groups is 1. The summed E-state index contributed by atoms with van der Waals surface area (Å²) in [4.78, 5) is 15.4. The summed E-state index contributed by atoms with van der Waals surface area (Å²) in [6, 6.07) is 27.5. The van der Waals surface area contributed by atoms with Crippen molar-refractivity contribution in [3.63, 3.8) is 0 Å². The number of para-hydroxylation sites is 1. The Kier molecular flexibility index (Phi) is 6.89. The molecule has 5 rings (SSSR count). The third kappa shape index (κ3) is 4.97. The second kappa shape index (κ2) is 10.4. The van der Waals surface area contributed by atoms with Crippen LogP contribution in [0.1, 0.15) is 54.7 Å². The van der Waals surface area contributed by atoms with Crippen LogP contribution >= 0.6 is 0 Å². The fraction of sp³-hybridized carbons (Fsp3) is 0.323. The van der Waals surface area contributed by atoms with Crippen molar-refractivity contribution in [3.05, 3.63) is 102 Å². The van der Waals surface area contributed by atoms with Crippen molar-refractivity contribution in [2.24, 2.45) is 0 Å². The minimum Gasteiger partial charge on any atom is -0.497 e. The summed E-state index contributed by atoms with van der Waals surface area (Å²) >= 11 is 0. The molecule has 4 nitrogen and oxygen atoms in total. The standard InChI is InChI=1S/C31H34N2O2/c1-23(25-10-4-3-5-11-25)28(20-31(34)32-18-8-9-19-32)29-22-33(30-13-7-6-12-27(29)30)21-24-14-16-26(35-2)17-15-24/h3-7,10-17,22-23,28H,8-9,18-21H2,1-2H3/t23-,28+/m1/s1. The van der Waals surface area contributed by atoms with Crippen molar-refractivity contribution >= 4 is 16.8 Å². The maximum absolute atomic E-state index is 13.4. The van der Waals surface area contributed by atoms with Gasteiger partial charge in [-0.25, -0.2) is 0 Å². The van der Waals surface area contributed by atoms with E-state index in [9.17, 15) is 4.79 Å². The number of ether oxygens (including phenoxy) is 1. The molecule has 1 aromatic heterocycles. The highest BCUT2D eigenvalue weighted by atomic mass is 16.5. The number of likely N-dealkylation sites (tertiary alicyclic amines) is 1. The van der Waals surface area contributed by atoms with E-state index >= 15 is 0 Å². The maximum atomic E-state index is 13.4. The molecule has 1 amide bonds. The summed E-state index contributed by atoms with van der Waals surface area (Å²) < 4.78 is 7.66. The zero-order valence-corrected chi connectivity index (χ0v) is 20.7. The Bertz CT molecular complexity index is 1270. The van der Waals surface area contributed by atoms with Gasteiger partial charge in [-0.05, 0) is 53.6 Å². The molecule has 0 bridgehead atoms. The van der Waals surface area contributed by atoms with Gasteiger partial charge in [0, 0.05) is 49.1 Å². The molecular weight excluding hydrogens is 432 g/mol. The van der Waals surface area contributed by atoms with E-state index < -0.39 is 0 Å². The molecule has 0 radical (unpaired) electrons. The summed E-state index contributed by atoms with van der Waals surface area (Å²) in [5.41, 5.74) is 4.97. The van der Waals surface area contributed by atoms with Crippen molar-refractivity contribution < 1.29 is 9.53 Å². The lowest BCUT2D eigenvalue weighted by Gasteiger charge is -2.26. The normalized spacial score (nSPS) is 15.3. The molecule has 1 saturated heterocycles. The van der Waals surface area contributed by atoms with E-state index in [0.717, 1.165) is 38.2 Å². The Morgan fingerprint density at radius 2 is 1.60 bits per heavy atom. The Morgan fingerprint density at radius 1 is 0.914 bits per heavy atom. The first-order chi connectivity index (χ1) is 17.1. The van der Waals surface area contributed by atoms with Crippen LogP contribution in [-0.4, -0.2) is 35.6 Å². The minimum absolute atomic E-state index is 0.104. The van der Waals surface area contributed by atoms with E-state index in [4.69, 9.17) is 4.74 Å². The fourth-order valence-electron chi connectivity index (χ4n) is 5.46. The lowest BCUT2D eigenvalue weighted by Crippen LogP contribution is -2.29. The van der Waals surface area contributed by atoms with Gasteiger partial charge < -0.3 is 14.2 Å². The zero-order valence-electron chi connectivity index (χ0n) is 20.7. The summed E-state index contributed by atoms with van der Waals surface area (Å²) in [5.74, 6) is 1.47. The predicted octanol–water partition coefficient (Wildman–Crippen LogP) is 6.60. The monoisotopic (exact) mass is 466 g/mol. The van der Waals surface area contributed by atoms with E-state index in [1.165, 1.54) is 27.6 Å². The number of hydrogen-bond donors (Lipinski definition) is 0. The smallest absolute Gasteiger partial charge is 0.223 e. The molecule has 0 aliphatic carbocycles. The first-order valence-electron chi connectivity index (χ1n) is 12.7. The van der Waals surface area contributed by atoms with E-state index in [2.05, 4.69) is 89.3 Å². The Labute approximate surface area is 208 Å². The lowest BCUT2D eigenvalue weighted by molar-refractivity contribution is -0.130.